The number of carbonyl (C=O) groups is 1. The maximum absolute atomic E-state index is 14.0. The third-order valence-corrected chi connectivity index (χ3v) is 6.71. The van der Waals surface area contributed by atoms with Gasteiger partial charge in [-0.3, -0.25) is 4.79 Å². The topological polar surface area (TPSA) is 63.9 Å². The fourth-order valence-electron chi connectivity index (χ4n) is 5.09. The molecule has 1 aromatic carbocycles. The smallest absolute Gasteiger partial charge is 0.168 e. The van der Waals surface area contributed by atoms with Gasteiger partial charge in [0.15, 0.2) is 5.78 Å². The fourth-order valence-corrected chi connectivity index (χ4v) is 5.09. The van der Waals surface area contributed by atoms with Gasteiger partial charge in [-0.2, -0.15) is 15.0 Å². The van der Waals surface area contributed by atoms with Crippen LogP contribution in [0, 0.1) is 24.6 Å². The number of aryl methyl sites for hydroxylation is 1. The second-order valence-corrected chi connectivity index (χ2v) is 8.67. The molecule has 31 heavy (non-hydrogen) atoms. The summed E-state index contributed by atoms with van der Waals surface area (Å²) in [5.41, 5.74) is 1.95. The minimum absolute atomic E-state index is 0.00165. The molecule has 1 aliphatic carbocycles. The molecule has 1 saturated heterocycles. The number of rotatable bonds is 4. The van der Waals surface area contributed by atoms with Crippen molar-refractivity contribution in [2.45, 2.75) is 45.1 Å². The molecule has 160 valence electrons. The van der Waals surface area contributed by atoms with Crippen molar-refractivity contribution in [1.29, 1.82) is 0 Å². The third kappa shape index (κ3) is 3.84. The summed E-state index contributed by atoms with van der Waals surface area (Å²) in [7, 11) is 0. The number of anilines is 1. The van der Waals surface area contributed by atoms with Gasteiger partial charge in [-0.1, -0.05) is 12.5 Å². The van der Waals surface area contributed by atoms with Crippen molar-refractivity contribution in [2.24, 2.45) is 11.8 Å². The van der Waals surface area contributed by atoms with Gasteiger partial charge in [0, 0.05) is 29.8 Å². The van der Waals surface area contributed by atoms with Crippen molar-refractivity contribution in [3.8, 4) is 5.69 Å². The highest BCUT2D eigenvalue weighted by Gasteiger charge is 2.41. The van der Waals surface area contributed by atoms with Gasteiger partial charge in [0.1, 0.15) is 11.6 Å². The van der Waals surface area contributed by atoms with E-state index in [1.165, 1.54) is 16.9 Å². The number of nitrogens with zero attached hydrogens (tertiary/aromatic N) is 5. The van der Waals surface area contributed by atoms with E-state index in [0.29, 0.717) is 23.2 Å². The van der Waals surface area contributed by atoms with E-state index in [2.05, 4.69) is 32.2 Å². The standard InChI is InChI=1S/C24H26FN5O/c1-16-4-2-7-23(28-16)29-15-18-9-8-17(5-3-6-21(18)29)24(31)20-14-19(25)10-11-22(20)30-26-12-13-27-30/h2,4,7,10-14,17-18,21H,3,5-6,8-9,15H2,1H3. The van der Waals surface area contributed by atoms with Crippen LogP contribution in [0.4, 0.5) is 10.2 Å². The van der Waals surface area contributed by atoms with Crippen molar-refractivity contribution < 1.29 is 9.18 Å². The average Bonchev–Trinajstić information content (AvgIpc) is 3.27. The van der Waals surface area contributed by atoms with Gasteiger partial charge < -0.3 is 4.90 Å². The molecule has 0 radical (unpaired) electrons. The summed E-state index contributed by atoms with van der Waals surface area (Å²) < 4.78 is 14.0. The quantitative estimate of drug-likeness (QED) is 0.588. The van der Waals surface area contributed by atoms with Crippen LogP contribution < -0.4 is 4.90 Å². The highest BCUT2D eigenvalue weighted by Crippen LogP contribution is 2.40. The van der Waals surface area contributed by atoms with E-state index in [0.717, 1.165) is 50.2 Å². The van der Waals surface area contributed by atoms with Crippen LogP contribution in [-0.4, -0.2) is 38.3 Å². The van der Waals surface area contributed by atoms with Gasteiger partial charge in [-0.05, 0) is 68.9 Å². The van der Waals surface area contributed by atoms with E-state index >= 15 is 0 Å². The Kier molecular flexibility index (Phi) is 5.26. The predicted octanol–water partition coefficient (Wildman–Crippen LogP) is 4.38. The van der Waals surface area contributed by atoms with Gasteiger partial charge in [0.2, 0.25) is 0 Å². The molecule has 2 fully saturated rings. The number of halogens is 1. The van der Waals surface area contributed by atoms with E-state index in [1.54, 1.807) is 18.5 Å². The molecule has 1 saturated carbocycles. The molecule has 7 heteroatoms. The van der Waals surface area contributed by atoms with E-state index in [4.69, 9.17) is 0 Å². The van der Waals surface area contributed by atoms with Crippen LogP contribution >= 0.6 is 0 Å². The Hall–Kier alpha value is -3.09. The second-order valence-electron chi connectivity index (χ2n) is 8.67. The summed E-state index contributed by atoms with van der Waals surface area (Å²) in [5.74, 6) is 1.14. The SMILES string of the molecule is Cc1cccc(N2CC3CCC(C(=O)c4cc(F)ccc4-n4nccn4)CCCC32)n1. The molecule has 3 heterocycles. The number of ketones is 1. The van der Waals surface area contributed by atoms with Gasteiger partial charge in [0.05, 0.1) is 18.1 Å². The molecule has 5 rings (SSSR count). The first-order valence-electron chi connectivity index (χ1n) is 11.0. The molecule has 2 aromatic heterocycles. The number of carbonyl (C=O) groups excluding carboxylic acids is 1. The van der Waals surface area contributed by atoms with Crippen molar-refractivity contribution in [2.75, 3.05) is 11.4 Å². The minimum Gasteiger partial charge on any atom is -0.353 e. The number of pyridine rings is 1. The van der Waals surface area contributed by atoms with E-state index in [1.807, 2.05) is 13.0 Å². The fraction of sp³-hybridized carbons (Fsp3) is 0.417. The minimum atomic E-state index is -0.412. The lowest BCUT2D eigenvalue weighted by Crippen LogP contribution is -2.57. The number of benzene rings is 1. The zero-order chi connectivity index (χ0) is 21.4. The van der Waals surface area contributed by atoms with Gasteiger partial charge in [0.25, 0.3) is 0 Å². The highest BCUT2D eigenvalue weighted by atomic mass is 19.1. The molecule has 1 aliphatic heterocycles. The van der Waals surface area contributed by atoms with Crippen molar-refractivity contribution in [1.82, 2.24) is 20.0 Å². The number of aromatic nitrogens is 4. The Morgan fingerprint density at radius 1 is 1.06 bits per heavy atom. The second kappa shape index (κ2) is 8.21. The summed E-state index contributed by atoms with van der Waals surface area (Å²) >= 11 is 0. The first-order chi connectivity index (χ1) is 15.1. The molecule has 3 unspecified atom stereocenters. The van der Waals surface area contributed by atoms with Crippen LogP contribution in [0.25, 0.3) is 5.69 Å². The Bertz CT molecular complexity index is 1080. The molecular formula is C24H26FN5O. The Morgan fingerprint density at radius 3 is 2.71 bits per heavy atom. The summed E-state index contributed by atoms with van der Waals surface area (Å²) in [5, 5.41) is 8.26. The monoisotopic (exact) mass is 419 g/mol. The first kappa shape index (κ1) is 19.8. The molecule has 3 atom stereocenters. The lowest BCUT2D eigenvalue weighted by Gasteiger charge is -2.50. The van der Waals surface area contributed by atoms with E-state index in [-0.39, 0.29) is 11.7 Å². The Morgan fingerprint density at radius 2 is 1.90 bits per heavy atom. The lowest BCUT2D eigenvalue weighted by atomic mass is 9.75. The number of hydrogen-bond acceptors (Lipinski definition) is 5. The normalized spacial score (nSPS) is 23.4. The molecule has 3 aromatic rings. The lowest BCUT2D eigenvalue weighted by molar-refractivity contribution is 0.0876. The number of Topliss-reactive ketones (excluding diaryl/α,β-unsaturated/α-hetero) is 1. The highest BCUT2D eigenvalue weighted by molar-refractivity contribution is 6.01. The van der Waals surface area contributed by atoms with Gasteiger partial charge >= 0.3 is 0 Å². The van der Waals surface area contributed by atoms with Gasteiger partial charge in [-0.25, -0.2) is 9.37 Å². The van der Waals surface area contributed by atoms with Crippen molar-refractivity contribution >= 4 is 11.6 Å². The zero-order valence-corrected chi connectivity index (χ0v) is 17.6. The van der Waals surface area contributed by atoms with Crippen LogP contribution in [0.2, 0.25) is 0 Å². The average molecular weight is 420 g/mol. The molecule has 0 spiro atoms. The molecule has 0 bridgehead atoms. The van der Waals surface area contributed by atoms with Gasteiger partial charge in [-0.15, -0.1) is 0 Å². The maximum atomic E-state index is 14.0. The van der Waals surface area contributed by atoms with Crippen LogP contribution in [0.3, 0.4) is 0 Å². The predicted molar refractivity (Wildman–Crippen MR) is 116 cm³/mol. The Balaban J connectivity index is 1.30. The number of hydrogen-bond donors (Lipinski definition) is 0. The summed E-state index contributed by atoms with van der Waals surface area (Å²) in [6, 6.07) is 10.9. The summed E-state index contributed by atoms with van der Waals surface area (Å²) in [4.78, 5) is 21.9. The first-order valence-corrected chi connectivity index (χ1v) is 11.0. The van der Waals surface area contributed by atoms with Crippen molar-refractivity contribution in [3.63, 3.8) is 0 Å². The van der Waals surface area contributed by atoms with Crippen LogP contribution in [-0.2, 0) is 0 Å². The molecular weight excluding hydrogens is 393 g/mol. The molecule has 0 N–H and O–H groups in total. The Labute approximate surface area is 181 Å². The largest absolute Gasteiger partial charge is 0.353 e. The molecule has 2 aliphatic rings. The van der Waals surface area contributed by atoms with Crippen LogP contribution in [0.5, 0.6) is 0 Å². The summed E-state index contributed by atoms with van der Waals surface area (Å²) in [6.45, 7) is 3.01. The van der Waals surface area contributed by atoms with Crippen LogP contribution in [0.15, 0.2) is 48.8 Å². The molecule has 0 amide bonds. The zero-order valence-electron chi connectivity index (χ0n) is 17.6. The van der Waals surface area contributed by atoms with E-state index < -0.39 is 5.82 Å². The van der Waals surface area contributed by atoms with Crippen molar-refractivity contribution in [3.05, 3.63) is 65.9 Å². The van der Waals surface area contributed by atoms with Crippen LogP contribution in [0.1, 0.15) is 48.2 Å². The number of fused-ring (bicyclic) bond motifs is 1. The maximum Gasteiger partial charge on any atom is 0.168 e. The molecule has 6 nitrogen and oxygen atoms in total. The third-order valence-electron chi connectivity index (χ3n) is 6.71. The summed E-state index contributed by atoms with van der Waals surface area (Å²) in [6.07, 6.45) is 7.80. The van der Waals surface area contributed by atoms with E-state index in [9.17, 15) is 9.18 Å².